The Kier molecular flexibility index (Phi) is 5.55. The maximum atomic E-state index is 6.16. The molecule has 4 rings (SSSR count). The zero-order valence-electron chi connectivity index (χ0n) is 15.0. The molecule has 0 unspecified atom stereocenters. The first-order valence-electron chi connectivity index (χ1n) is 8.51. The van der Waals surface area contributed by atoms with Gasteiger partial charge < -0.3 is 14.8 Å². The Hall–Kier alpha value is -2.90. The van der Waals surface area contributed by atoms with Gasteiger partial charge in [-0.15, -0.1) is 0 Å². The van der Waals surface area contributed by atoms with Gasteiger partial charge in [0.1, 0.15) is 0 Å². The van der Waals surface area contributed by atoms with Crippen molar-refractivity contribution in [2.24, 2.45) is 4.99 Å². The maximum absolute atomic E-state index is 6.16. The largest absolute Gasteiger partial charge is 0.493 e. The van der Waals surface area contributed by atoms with Gasteiger partial charge in [-0.2, -0.15) is 0 Å². The summed E-state index contributed by atoms with van der Waals surface area (Å²) in [5.74, 6) is 2.63. The number of hydrogen-bond acceptors (Lipinski definition) is 5. The van der Waals surface area contributed by atoms with Gasteiger partial charge in [-0.1, -0.05) is 29.8 Å². The van der Waals surface area contributed by atoms with Crippen molar-refractivity contribution in [3.63, 3.8) is 0 Å². The summed E-state index contributed by atoms with van der Waals surface area (Å²) in [7, 11) is 1.62. The standard InChI is InChI=1S/C20H17ClN4O2S/c1-26-15-5-2-3-6-16(15)27-17-7-4-8-18-19(17)24-20(25-28-18)23-11-13-9-10-22-12-14(13)21/h2-10,12H,11H2,1H3,(H2,23,24,25). The number of guanidine groups is 1. The van der Waals surface area contributed by atoms with Gasteiger partial charge in [0.05, 0.1) is 29.3 Å². The average molecular weight is 413 g/mol. The molecule has 0 bridgehead atoms. The van der Waals surface area contributed by atoms with E-state index in [1.54, 1.807) is 19.5 Å². The van der Waals surface area contributed by atoms with E-state index in [2.05, 4.69) is 20.0 Å². The number of fused-ring (bicyclic) bond motifs is 1. The van der Waals surface area contributed by atoms with Crippen LogP contribution in [0.1, 0.15) is 5.56 Å². The molecule has 6 nitrogen and oxygen atoms in total. The minimum atomic E-state index is 0.433. The fraction of sp³-hybridized carbons (Fsp3) is 0.100. The molecule has 1 aromatic heterocycles. The van der Waals surface area contributed by atoms with Crippen molar-refractivity contribution in [1.82, 2.24) is 9.71 Å². The number of halogens is 1. The molecule has 0 radical (unpaired) electrons. The number of rotatable bonds is 5. The van der Waals surface area contributed by atoms with Gasteiger partial charge in [0.25, 0.3) is 0 Å². The van der Waals surface area contributed by atoms with Crippen LogP contribution < -0.4 is 19.5 Å². The smallest absolute Gasteiger partial charge is 0.206 e. The topological polar surface area (TPSA) is 67.8 Å². The summed E-state index contributed by atoms with van der Waals surface area (Å²) < 4.78 is 14.7. The van der Waals surface area contributed by atoms with Crippen molar-refractivity contribution >= 4 is 35.2 Å². The molecular weight excluding hydrogens is 396 g/mol. The monoisotopic (exact) mass is 412 g/mol. The predicted molar refractivity (Wildman–Crippen MR) is 113 cm³/mol. The number of methoxy groups -OCH3 is 1. The third kappa shape index (κ3) is 4.00. The van der Waals surface area contributed by atoms with E-state index >= 15 is 0 Å². The molecule has 1 aliphatic rings. The summed E-state index contributed by atoms with van der Waals surface area (Å²) in [6.07, 6.45) is 3.31. The molecule has 0 aliphatic carbocycles. The van der Waals surface area contributed by atoms with Gasteiger partial charge in [-0.05, 0) is 47.8 Å². The highest BCUT2D eigenvalue weighted by Crippen LogP contribution is 2.40. The summed E-state index contributed by atoms with van der Waals surface area (Å²) in [5, 5.41) is 3.90. The van der Waals surface area contributed by atoms with E-state index in [1.807, 2.05) is 48.5 Å². The number of ether oxygens (including phenoxy) is 2. The molecule has 2 aromatic carbocycles. The van der Waals surface area contributed by atoms with Crippen LogP contribution in [-0.2, 0) is 6.54 Å². The quantitative estimate of drug-likeness (QED) is 0.567. The van der Waals surface area contributed by atoms with Crippen LogP contribution in [0.3, 0.4) is 0 Å². The van der Waals surface area contributed by atoms with Gasteiger partial charge >= 0.3 is 0 Å². The molecule has 0 amide bonds. The maximum Gasteiger partial charge on any atom is 0.206 e. The minimum Gasteiger partial charge on any atom is -0.493 e. The highest BCUT2D eigenvalue weighted by atomic mass is 35.5. The van der Waals surface area contributed by atoms with Crippen molar-refractivity contribution < 1.29 is 9.47 Å². The highest BCUT2D eigenvalue weighted by molar-refractivity contribution is 7.98. The molecule has 0 saturated carbocycles. The first-order valence-corrected chi connectivity index (χ1v) is 9.70. The second-order valence-corrected chi connectivity index (χ2v) is 7.10. The average Bonchev–Trinajstić information content (AvgIpc) is 2.74. The highest BCUT2D eigenvalue weighted by Gasteiger charge is 2.19. The van der Waals surface area contributed by atoms with Crippen LogP contribution in [0.4, 0.5) is 5.69 Å². The summed E-state index contributed by atoms with van der Waals surface area (Å²) in [4.78, 5) is 9.58. The Balaban J connectivity index is 1.58. The molecule has 2 N–H and O–H groups in total. The minimum absolute atomic E-state index is 0.433. The number of nitrogens with zero attached hydrogens (tertiary/aromatic N) is 2. The summed E-state index contributed by atoms with van der Waals surface area (Å²) in [6, 6.07) is 15.2. The van der Waals surface area contributed by atoms with Crippen LogP contribution in [0.15, 0.2) is 70.8 Å². The van der Waals surface area contributed by atoms with Gasteiger partial charge in [0, 0.05) is 12.4 Å². The van der Waals surface area contributed by atoms with Crippen molar-refractivity contribution in [3.05, 3.63) is 71.5 Å². The van der Waals surface area contributed by atoms with Crippen molar-refractivity contribution in [2.45, 2.75) is 11.4 Å². The van der Waals surface area contributed by atoms with Crippen molar-refractivity contribution in [1.29, 1.82) is 0 Å². The van der Waals surface area contributed by atoms with E-state index in [0.717, 1.165) is 16.1 Å². The predicted octanol–water partition coefficient (Wildman–Crippen LogP) is 5.11. The lowest BCUT2D eigenvalue weighted by Crippen LogP contribution is -2.29. The second kappa shape index (κ2) is 8.41. The molecule has 0 spiro atoms. The SMILES string of the molecule is COc1ccccc1Oc1cccc2c1NC(=NCc1ccncc1Cl)NS2. The number of benzene rings is 2. The molecule has 2 heterocycles. The number of para-hydroxylation sites is 3. The molecule has 142 valence electrons. The summed E-state index contributed by atoms with van der Waals surface area (Å²) in [6.45, 7) is 0.433. The Morgan fingerprint density at radius 2 is 1.89 bits per heavy atom. The number of aromatic nitrogens is 1. The van der Waals surface area contributed by atoms with Crippen LogP contribution in [0.2, 0.25) is 5.02 Å². The molecule has 1 aliphatic heterocycles. The lowest BCUT2D eigenvalue weighted by molar-refractivity contribution is 0.379. The van der Waals surface area contributed by atoms with Gasteiger partial charge in [0.15, 0.2) is 17.2 Å². The molecule has 28 heavy (non-hydrogen) atoms. The molecular formula is C20H17ClN4O2S. The fourth-order valence-corrected chi connectivity index (χ4v) is 3.54. The summed E-state index contributed by atoms with van der Waals surface area (Å²) >= 11 is 7.63. The zero-order chi connectivity index (χ0) is 19.3. The number of nitrogens with one attached hydrogen (secondary N) is 2. The molecule has 8 heteroatoms. The molecule has 0 fully saturated rings. The third-order valence-electron chi connectivity index (χ3n) is 4.04. The molecule has 0 saturated heterocycles. The van der Waals surface area contributed by atoms with Gasteiger partial charge in [-0.25, -0.2) is 4.99 Å². The van der Waals surface area contributed by atoms with E-state index in [-0.39, 0.29) is 0 Å². The molecule has 0 atom stereocenters. The van der Waals surface area contributed by atoms with Crippen molar-refractivity contribution in [2.75, 3.05) is 12.4 Å². The zero-order valence-corrected chi connectivity index (χ0v) is 16.6. The Bertz CT molecular complexity index is 1030. The van der Waals surface area contributed by atoms with E-state index in [0.29, 0.717) is 34.8 Å². The lowest BCUT2D eigenvalue weighted by atomic mass is 10.2. The normalized spacial score (nSPS) is 14.0. The number of hydrogen-bond donors (Lipinski definition) is 2. The Morgan fingerprint density at radius 1 is 1.07 bits per heavy atom. The lowest BCUT2D eigenvalue weighted by Gasteiger charge is -2.23. The number of aliphatic imine (C=N–C) groups is 1. The third-order valence-corrected chi connectivity index (χ3v) is 5.24. The number of pyridine rings is 1. The van der Waals surface area contributed by atoms with E-state index < -0.39 is 0 Å². The fourth-order valence-electron chi connectivity index (χ4n) is 2.64. The van der Waals surface area contributed by atoms with Crippen LogP contribution in [0.5, 0.6) is 17.2 Å². The Labute approximate surface area is 172 Å². The number of anilines is 1. The Morgan fingerprint density at radius 3 is 2.71 bits per heavy atom. The van der Waals surface area contributed by atoms with Crippen LogP contribution in [0.25, 0.3) is 0 Å². The van der Waals surface area contributed by atoms with Gasteiger partial charge in [-0.3, -0.25) is 9.71 Å². The van der Waals surface area contributed by atoms with Crippen LogP contribution in [0, 0.1) is 0 Å². The van der Waals surface area contributed by atoms with Crippen molar-refractivity contribution in [3.8, 4) is 17.2 Å². The van der Waals surface area contributed by atoms with E-state index in [1.165, 1.54) is 11.9 Å². The van der Waals surface area contributed by atoms with Crippen LogP contribution >= 0.6 is 23.5 Å². The van der Waals surface area contributed by atoms with Crippen LogP contribution in [-0.4, -0.2) is 18.1 Å². The first kappa shape index (κ1) is 18.5. The van der Waals surface area contributed by atoms with E-state index in [4.69, 9.17) is 21.1 Å². The molecule has 3 aromatic rings. The second-order valence-electron chi connectivity index (χ2n) is 5.84. The first-order chi connectivity index (χ1) is 13.7. The van der Waals surface area contributed by atoms with E-state index in [9.17, 15) is 0 Å². The summed E-state index contributed by atoms with van der Waals surface area (Å²) in [5.41, 5.74) is 1.75. The van der Waals surface area contributed by atoms with Gasteiger partial charge in [0.2, 0.25) is 5.96 Å².